The summed E-state index contributed by atoms with van der Waals surface area (Å²) in [5.41, 5.74) is 0.893. The Morgan fingerprint density at radius 1 is 1.35 bits per heavy atom. The Kier molecular flexibility index (Phi) is 3.93. The minimum atomic E-state index is -3.71. The van der Waals surface area contributed by atoms with Gasteiger partial charge in [-0.05, 0) is 43.7 Å². The van der Waals surface area contributed by atoms with Gasteiger partial charge in [0.2, 0.25) is 10.0 Å². The predicted octanol–water partition coefficient (Wildman–Crippen LogP) is 2.50. The Bertz CT molecular complexity index is 743. The second-order valence-electron chi connectivity index (χ2n) is 4.45. The molecule has 104 valence electrons. The van der Waals surface area contributed by atoms with Crippen molar-refractivity contribution in [3.05, 3.63) is 53.5 Å². The number of sulfonamides is 1. The third-order valence-corrected chi connectivity index (χ3v) is 4.59. The highest BCUT2D eigenvalue weighted by Crippen LogP contribution is 2.20. The monoisotopic (exact) mass is 290 g/mol. The Labute approximate surface area is 117 Å². The van der Waals surface area contributed by atoms with E-state index in [1.165, 1.54) is 12.3 Å². The van der Waals surface area contributed by atoms with Gasteiger partial charge in [-0.1, -0.05) is 6.07 Å². The summed E-state index contributed by atoms with van der Waals surface area (Å²) in [4.78, 5) is 0.106. The quantitative estimate of drug-likeness (QED) is 0.937. The summed E-state index contributed by atoms with van der Waals surface area (Å²) in [5, 5.41) is 8.87. The van der Waals surface area contributed by atoms with E-state index in [4.69, 9.17) is 9.68 Å². The van der Waals surface area contributed by atoms with Crippen LogP contribution in [0.25, 0.3) is 0 Å². The molecule has 0 radical (unpaired) electrons. The molecule has 6 heteroatoms. The van der Waals surface area contributed by atoms with E-state index in [0.717, 1.165) is 0 Å². The maximum atomic E-state index is 12.4. The van der Waals surface area contributed by atoms with Gasteiger partial charge >= 0.3 is 0 Å². The molecule has 0 aliphatic heterocycles. The number of nitrogens with zero attached hydrogens (tertiary/aromatic N) is 1. The van der Waals surface area contributed by atoms with Crippen molar-refractivity contribution in [1.29, 1.82) is 5.26 Å². The standard InChI is InChI=1S/C14H14N2O3S/c1-10-5-6-12(9-15)8-14(10)20(17,18)16-11(2)13-4-3-7-19-13/h3-8,11,16H,1-2H3. The number of benzene rings is 1. The number of hydrogen-bond acceptors (Lipinski definition) is 4. The van der Waals surface area contributed by atoms with Gasteiger partial charge in [0, 0.05) is 0 Å². The van der Waals surface area contributed by atoms with Crippen LogP contribution in [-0.4, -0.2) is 8.42 Å². The van der Waals surface area contributed by atoms with Crippen molar-refractivity contribution in [1.82, 2.24) is 4.72 Å². The van der Waals surface area contributed by atoms with Gasteiger partial charge in [-0.2, -0.15) is 5.26 Å². The number of nitrogens with one attached hydrogen (secondary N) is 1. The SMILES string of the molecule is Cc1ccc(C#N)cc1S(=O)(=O)NC(C)c1ccco1. The molecule has 0 aliphatic carbocycles. The zero-order chi connectivity index (χ0) is 14.8. The van der Waals surface area contributed by atoms with Crippen LogP contribution in [-0.2, 0) is 10.0 Å². The van der Waals surface area contributed by atoms with Crippen LogP contribution in [0.15, 0.2) is 45.9 Å². The lowest BCUT2D eigenvalue weighted by Gasteiger charge is -2.13. The molecule has 5 nitrogen and oxygen atoms in total. The Morgan fingerprint density at radius 3 is 2.70 bits per heavy atom. The fourth-order valence-corrected chi connectivity index (χ4v) is 3.33. The van der Waals surface area contributed by atoms with Gasteiger partial charge in [0.25, 0.3) is 0 Å². The number of rotatable bonds is 4. The van der Waals surface area contributed by atoms with E-state index < -0.39 is 16.1 Å². The van der Waals surface area contributed by atoms with E-state index in [0.29, 0.717) is 16.9 Å². The Balaban J connectivity index is 2.34. The molecular weight excluding hydrogens is 276 g/mol. The third-order valence-electron chi connectivity index (χ3n) is 2.91. The fourth-order valence-electron chi connectivity index (χ4n) is 1.85. The van der Waals surface area contributed by atoms with Gasteiger partial charge in [0.1, 0.15) is 5.76 Å². The summed E-state index contributed by atoms with van der Waals surface area (Å²) in [6, 6.07) is 9.42. The summed E-state index contributed by atoms with van der Waals surface area (Å²) in [7, 11) is -3.71. The van der Waals surface area contributed by atoms with Gasteiger partial charge in [0.05, 0.1) is 28.8 Å². The highest BCUT2D eigenvalue weighted by molar-refractivity contribution is 7.89. The first-order chi connectivity index (χ1) is 9.44. The average Bonchev–Trinajstić information content (AvgIpc) is 2.92. The molecule has 1 N–H and O–H groups in total. The summed E-state index contributed by atoms with van der Waals surface area (Å²) >= 11 is 0. The van der Waals surface area contributed by atoms with Crippen LogP contribution < -0.4 is 4.72 Å². The first kappa shape index (κ1) is 14.3. The largest absolute Gasteiger partial charge is 0.468 e. The Hall–Kier alpha value is -2.10. The van der Waals surface area contributed by atoms with Crippen molar-refractivity contribution < 1.29 is 12.8 Å². The molecule has 1 aromatic heterocycles. The highest BCUT2D eigenvalue weighted by Gasteiger charge is 2.21. The van der Waals surface area contributed by atoms with Crippen LogP contribution in [0, 0.1) is 18.3 Å². The maximum Gasteiger partial charge on any atom is 0.241 e. The van der Waals surface area contributed by atoms with E-state index in [1.54, 1.807) is 38.1 Å². The van der Waals surface area contributed by atoms with Crippen LogP contribution in [0.2, 0.25) is 0 Å². The lowest BCUT2D eigenvalue weighted by Crippen LogP contribution is -2.27. The molecule has 0 saturated carbocycles. The van der Waals surface area contributed by atoms with Crippen LogP contribution in [0.3, 0.4) is 0 Å². The number of nitriles is 1. The van der Waals surface area contributed by atoms with E-state index in [-0.39, 0.29) is 4.90 Å². The maximum absolute atomic E-state index is 12.4. The zero-order valence-electron chi connectivity index (χ0n) is 11.1. The first-order valence-electron chi connectivity index (χ1n) is 6.00. The molecule has 1 atom stereocenters. The van der Waals surface area contributed by atoms with Crippen LogP contribution in [0.5, 0.6) is 0 Å². The van der Waals surface area contributed by atoms with Crippen molar-refractivity contribution in [2.45, 2.75) is 24.8 Å². The molecule has 0 fully saturated rings. The molecule has 1 aromatic carbocycles. The van der Waals surface area contributed by atoms with Gasteiger partial charge < -0.3 is 4.42 Å². The van der Waals surface area contributed by atoms with Gasteiger partial charge in [-0.15, -0.1) is 0 Å². The zero-order valence-corrected chi connectivity index (χ0v) is 11.9. The molecule has 2 rings (SSSR count). The first-order valence-corrected chi connectivity index (χ1v) is 7.49. The number of hydrogen-bond donors (Lipinski definition) is 1. The van der Waals surface area contributed by atoms with Crippen molar-refractivity contribution in [3.8, 4) is 6.07 Å². The molecule has 20 heavy (non-hydrogen) atoms. The van der Waals surface area contributed by atoms with Crippen molar-refractivity contribution in [2.24, 2.45) is 0 Å². The second kappa shape index (κ2) is 5.49. The molecular formula is C14H14N2O3S. The van der Waals surface area contributed by atoms with Crippen molar-refractivity contribution in [2.75, 3.05) is 0 Å². The summed E-state index contributed by atoms with van der Waals surface area (Å²) in [6.45, 7) is 3.38. The Morgan fingerprint density at radius 2 is 2.10 bits per heavy atom. The minimum Gasteiger partial charge on any atom is -0.468 e. The summed E-state index contributed by atoms with van der Waals surface area (Å²) in [5.74, 6) is 0.530. The fraction of sp³-hybridized carbons (Fsp3) is 0.214. The molecule has 2 aromatic rings. The van der Waals surface area contributed by atoms with E-state index in [2.05, 4.69) is 4.72 Å². The van der Waals surface area contributed by atoms with E-state index in [9.17, 15) is 8.42 Å². The lowest BCUT2D eigenvalue weighted by molar-refractivity contribution is 0.459. The minimum absolute atomic E-state index is 0.106. The van der Waals surface area contributed by atoms with Gasteiger partial charge in [-0.25, -0.2) is 13.1 Å². The smallest absolute Gasteiger partial charge is 0.241 e. The van der Waals surface area contributed by atoms with E-state index >= 15 is 0 Å². The second-order valence-corrected chi connectivity index (χ2v) is 6.13. The summed E-state index contributed by atoms with van der Waals surface area (Å²) in [6.07, 6.45) is 1.49. The average molecular weight is 290 g/mol. The predicted molar refractivity (Wildman–Crippen MR) is 73.3 cm³/mol. The topological polar surface area (TPSA) is 83.1 Å². The van der Waals surface area contributed by atoms with Crippen LogP contribution >= 0.6 is 0 Å². The van der Waals surface area contributed by atoms with Crippen LogP contribution in [0.1, 0.15) is 29.9 Å². The van der Waals surface area contributed by atoms with Crippen molar-refractivity contribution in [3.63, 3.8) is 0 Å². The van der Waals surface area contributed by atoms with E-state index in [1.807, 2.05) is 6.07 Å². The molecule has 0 spiro atoms. The van der Waals surface area contributed by atoms with Gasteiger partial charge in [0.15, 0.2) is 0 Å². The molecule has 0 aliphatic rings. The molecule has 0 bridgehead atoms. The highest BCUT2D eigenvalue weighted by atomic mass is 32.2. The lowest BCUT2D eigenvalue weighted by atomic mass is 10.2. The molecule has 0 amide bonds. The molecule has 0 saturated heterocycles. The van der Waals surface area contributed by atoms with Crippen molar-refractivity contribution >= 4 is 10.0 Å². The number of furan rings is 1. The normalized spacial score (nSPS) is 12.8. The summed E-state index contributed by atoms with van der Waals surface area (Å²) < 4.78 is 32.4. The van der Waals surface area contributed by atoms with Gasteiger partial charge in [-0.3, -0.25) is 0 Å². The number of aryl methyl sites for hydroxylation is 1. The molecule has 1 unspecified atom stereocenters. The third kappa shape index (κ3) is 2.90. The van der Waals surface area contributed by atoms with Crippen LogP contribution in [0.4, 0.5) is 0 Å². The molecule has 1 heterocycles.